The van der Waals surface area contributed by atoms with E-state index in [9.17, 15) is 18.0 Å². The van der Waals surface area contributed by atoms with E-state index >= 15 is 0 Å². The van der Waals surface area contributed by atoms with Crippen molar-refractivity contribution in [2.24, 2.45) is 0 Å². The van der Waals surface area contributed by atoms with Gasteiger partial charge in [0.1, 0.15) is 0 Å². The van der Waals surface area contributed by atoms with Crippen LogP contribution in [0.2, 0.25) is 0 Å². The van der Waals surface area contributed by atoms with Crippen LogP contribution in [-0.4, -0.2) is 86.2 Å². The molecule has 0 bridgehead atoms. The van der Waals surface area contributed by atoms with Gasteiger partial charge in [-0.1, -0.05) is 0 Å². The minimum absolute atomic E-state index is 0.0443. The summed E-state index contributed by atoms with van der Waals surface area (Å²) < 4.78 is 27.0. The zero-order valence-corrected chi connectivity index (χ0v) is 16.5. The molecule has 2 saturated heterocycles. The van der Waals surface area contributed by atoms with Crippen molar-refractivity contribution in [3.63, 3.8) is 0 Å². The Labute approximate surface area is 160 Å². The minimum atomic E-state index is -3.63. The molecule has 2 aliphatic rings. The SMILES string of the molecule is CC(=O)N1CCN(S(=O)(=O)c2ccc(C(=O)N3CCNC(C)C3)cc2)CC1. The number of sulfonamides is 1. The summed E-state index contributed by atoms with van der Waals surface area (Å²) in [5.74, 6) is -0.125. The van der Waals surface area contributed by atoms with E-state index < -0.39 is 10.0 Å². The van der Waals surface area contributed by atoms with Gasteiger partial charge in [-0.15, -0.1) is 0 Å². The first-order valence-electron chi connectivity index (χ1n) is 9.17. The predicted octanol–water partition coefficient (Wildman–Crippen LogP) is -0.0267. The van der Waals surface area contributed by atoms with Crippen molar-refractivity contribution in [2.45, 2.75) is 24.8 Å². The van der Waals surface area contributed by atoms with Gasteiger partial charge in [0, 0.05) is 64.3 Å². The summed E-state index contributed by atoms with van der Waals surface area (Å²) in [7, 11) is -3.63. The summed E-state index contributed by atoms with van der Waals surface area (Å²) >= 11 is 0. The minimum Gasteiger partial charge on any atom is -0.340 e. The monoisotopic (exact) mass is 394 g/mol. The van der Waals surface area contributed by atoms with E-state index in [-0.39, 0.29) is 35.8 Å². The first-order valence-corrected chi connectivity index (χ1v) is 10.6. The van der Waals surface area contributed by atoms with Crippen molar-refractivity contribution in [3.05, 3.63) is 29.8 Å². The summed E-state index contributed by atoms with van der Waals surface area (Å²) in [5.41, 5.74) is 0.490. The number of amides is 2. The number of carbonyl (C=O) groups is 2. The van der Waals surface area contributed by atoms with Crippen molar-refractivity contribution in [2.75, 3.05) is 45.8 Å². The Morgan fingerprint density at radius 1 is 1.00 bits per heavy atom. The van der Waals surface area contributed by atoms with Gasteiger partial charge in [-0.3, -0.25) is 9.59 Å². The molecule has 0 radical (unpaired) electrons. The lowest BCUT2D eigenvalue weighted by Crippen LogP contribution is -2.51. The Balaban J connectivity index is 1.69. The summed E-state index contributed by atoms with van der Waals surface area (Å²) in [6.45, 7) is 6.90. The third-order valence-electron chi connectivity index (χ3n) is 5.08. The standard InChI is InChI=1S/C18H26N4O4S/c1-14-13-21(8-7-19-14)18(24)16-3-5-17(6-4-16)27(25,26)22-11-9-20(10-12-22)15(2)23/h3-6,14,19H,7-13H2,1-2H3. The maximum Gasteiger partial charge on any atom is 0.253 e. The number of nitrogens with one attached hydrogen (secondary N) is 1. The molecule has 1 N–H and O–H groups in total. The Morgan fingerprint density at radius 2 is 1.63 bits per heavy atom. The fraction of sp³-hybridized carbons (Fsp3) is 0.556. The van der Waals surface area contributed by atoms with Gasteiger partial charge in [-0.2, -0.15) is 4.31 Å². The van der Waals surface area contributed by atoms with Crippen LogP contribution in [-0.2, 0) is 14.8 Å². The molecule has 1 aromatic rings. The van der Waals surface area contributed by atoms with Gasteiger partial charge in [0.15, 0.2) is 0 Å². The van der Waals surface area contributed by atoms with Crippen molar-refractivity contribution in [1.29, 1.82) is 0 Å². The second-order valence-corrected chi connectivity index (χ2v) is 8.98. The van der Waals surface area contributed by atoms with E-state index in [0.717, 1.165) is 6.54 Å². The molecule has 0 spiro atoms. The second kappa shape index (κ2) is 7.95. The van der Waals surface area contributed by atoms with Crippen LogP contribution in [0.1, 0.15) is 24.2 Å². The van der Waals surface area contributed by atoms with Crippen molar-refractivity contribution in [3.8, 4) is 0 Å². The number of carbonyl (C=O) groups excluding carboxylic acids is 2. The van der Waals surface area contributed by atoms with Crippen molar-refractivity contribution >= 4 is 21.8 Å². The van der Waals surface area contributed by atoms with Crippen molar-refractivity contribution < 1.29 is 18.0 Å². The lowest BCUT2D eigenvalue weighted by atomic mass is 10.1. The van der Waals surface area contributed by atoms with E-state index in [0.29, 0.717) is 31.7 Å². The van der Waals surface area contributed by atoms with Gasteiger partial charge in [-0.25, -0.2) is 8.42 Å². The number of rotatable bonds is 3. The molecular formula is C18H26N4O4S. The number of benzene rings is 1. The van der Waals surface area contributed by atoms with Crippen LogP contribution in [0.15, 0.2) is 29.2 Å². The predicted molar refractivity (Wildman–Crippen MR) is 101 cm³/mol. The van der Waals surface area contributed by atoms with E-state index in [4.69, 9.17) is 0 Å². The van der Waals surface area contributed by atoms with Gasteiger partial charge in [0.25, 0.3) is 5.91 Å². The molecule has 2 heterocycles. The summed E-state index contributed by atoms with van der Waals surface area (Å²) in [5, 5.41) is 3.29. The Bertz CT molecular complexity index is 801. The van der Waals surface area contributed by atoms with Crippen LogP contribution in [0.3, 0.4) is 0 Å². The largest absolute Gasteiger partial charge is 0.340 e. The van der Waals surface area contributed by atoms with Gasteiger partial charge in [0.2, 0.25) is 15.9 Å². The summed E-state index contributed by atoms with van der Waals surface area (Å²) in [4.78, 5) is 27.6. The molecule has 27 heavy (non-hydrogen) atoms. The molecule has 9 heteroatoms. The maximum atomic E-state index is 12.8. The zero-order valence-electron chi connectivity index (χ0n) is 15.7. The number of hydrogen-bond acceptors (Lipinski definition) is 5. The normalized spacial score (nSPS) is 21.9. The van der Waals surface area contributed by atoms with Gasteiger partial charge >= 0.3 is 0 Å². The van der Waals surface area contributed by atoms with E-state index in [2.05, 4.69) is 5.32 Å². The Hall–Kier alpha value is -1.97. The van der Waals surface area contributed by atoms with Gasteiger partial charge < -0.3 is 15.1 Å². The first-order chi connectivity index (χ1) is 12.8. The third kappa shape index (κ3) is 4.31. The highest BCUT2D eigenvalue weighted by molar-refractivity contribution is 7.89. The molecule has 1 unspecified atom stereocenters. The molecule has 2 fully saturated rings. The molecule has 3 rings (SSSR count). The molecule has 1 aromatic carbocycles. The average molecular weight is 394 g/mol. The molecule has 1 atom stereocenters. The molecule has 0 aliphatic carbocycles. The van der Waals surface area contributed by atoms with Crippen LogP contribution in [0, 0.1) is 0 Å². The molecule has 0 saturated carbocycles. The van der Waals surface area contributed by atoms with Crippen molar-refractivity contribution in [1.82, 2.24) is 19.4 Å². The van der Waals surface area contributed by atoms with E-state index in [1.54, 1.807) is 21.9 Å². The van der Waals surface area contributed by atoms with E-state index in [1.165, 1.54) is 23.4 Å². The average Bonchev–Trinajstić information content (AvgIpc) is 2.67. The van der Waals surface area contributed by atoms with Gasteiger partial charge in [-0.05, 0) is 31.2 Å². The topological polar surface area (TPSA) is 90.0 Å². The Kier molecular flexibility index (Phi) is 5.83. The van der Waals surface area contributed by atoms with E-state index in [1.807, 2.05) is 6.92 Å². The fourth-order valence-electron chi connectivity index (χ4n) is 3.46. The molecule has 2 amide bonds. The molecular weight excluding hydrogens is 368 g/mol. The van der Waals surface area contributed by atoms with Crippen LogP contribution in [0.5, 0.6) is 0 Å². The Morgan fingerprint density at radius 3 is 2.19 bits per heavy atom. The molecule has 148 valence electrons. The molecule has 0 aromatic heterocycles. The molecule has 2 aliphatic heterocycles. The number of hydrogen-bond donors (Lipinski definition) is 1. The highest BCUT2D eigenvalue weighted by Crippen LogP contribution is 2.19. The van der Waals surface area contributed by atoms with Crippen LogP contribution < -0.4 is 5.32 Å². The van der Waals surface area contributed by atoms with Crippen LogP contribution in [0.25, 0.3) is 0 Å². The number of piperazine rings is 2. The quantitative estimate of drug-likeness (QED) is 0.778. The van der Waals surface area contributed by atoms with Gasteiger partial charge in [0.05, 0.1) is 4.90 Å². The summed E-state index contributed by atoms with van der Waals surface area (Å²) in [6, 6.07) is 6.38. The molecule has 8 nitrogen and oxygen atoms in total. The highest BCUT2D eigenvalue weighted by Gasteiger charge is 2.29. The third-order valence-corrected chi connectivity index (χ3v) is 6.99. The lowest BCUT2D eigenvalue weighted by molar-refractivity contribution is -0.129. The zero-order chi connectivity index (χ0) is 19.6. The lowest BCUT2D eigenvalue weighted by Gasteiger charge is -2.33. The number of nitrogens with zero attached hydrogens (tertiary/aromatic N) is 3. The summed E-state index contributed by atoms with van der Waals surface area (Å²) in [6.07, 6.45) is 0. The second-order valence-electron chi connectivity index (χ2n) is 7.04. The highest BCUT2D eigenvalue weighted by atomic mass is 32.2. The van der Waals surface area contributed by atoms with Crippen LogP contribution in [0.4, 0.5) is 0 Å². The fourth-order valence-corrected chi connectivity index (χ4v) is 4.88. The van der Waals surface area contributed by atoms with Crippen LogP contribution >= 0.6 is 0 Å². The maximum absolute atomic E-state index is 12.8. The first kappa shape index (κ1) is 19.8. The smallest absolute Gasteiger partial charge is 0.253 e.